The van der Waals surface area contributed by atoms with Crippen molar-refractivity contribution in [1.82, 2.24) is 4.72 Å². The summed E-state index contributed by atoms with van der Waals surface area (Å²) in [6, 6.07) is 6.83. The van der Waals surface area contributed by atoms with Gasteiger partial charge in [-0.05, 0) is 43.4 Å². The maximum atomic E-state index is 12.2. The monoisotopic (exact) mass is 317 g/mol. The molecular weight excluding hydrogens is 298 g/mol. The minimum atomic E-state index is -3.45. The molecule has 1 aromatic carbocycles. The summed E-state index contributed by atoms with van der Waals surface area (Å²) >= 11 is 5.66. The van der Waals surface area contributed by atoms with Crippen LogP contribution in [0.4, 0.5) is 0 Å². The second-order valence-corrected chi connectivity index (χ2v) is 7.07. The number of rotatable bonds is 6. The molecule has 1 fully saturated rings. The average molecular weight is 318 g/mol. The quantitative estimate of drug-likeness (QED) is 0.819. The van der Waals surface area contributed by atoms with E-state index in [0.29, 0.717) is 12.4 Å². The summed E-state index contributed by atoms with van der Waals surface area (Å²) in [7, 11) is -3.45. The molecule has 0 spiro atoms. The molecule has 0 aliphatic carbocycles. The molecule has 0 aromatic heterocycles. The van der Waals surface area contributed by atoms with Crippen LogP contribution in [-0.2, 0) is 21.2 Å². The maximum Gasteiger partial charge on any atom is 0.240 e. The molecule has 1 N–H and O–H groups in total. The van der Waals surface area contributed by atoms with Gasteiger partial charge in [0.1, 0.15) is 0 Å². The number of benzene rings is 1. The van der Waals surface area contributed by atoms with Crippen LogP contribution in [-0.4, -0.2) is 33.6 Å². The van der Waals surface area contributed by atoms with Gasteiger partial charge in [0.15, 0.2) is 0 Å². The van der Waals surface area contributed by atoms with Crippen LogP contribution < -0.4 is 4.72 Å². The molecule has 1 aromatic rings. The first-order chi connectivity index (χ1) is 9.62. The van der Waals surface area contributed by atoms with E-state index in [-0.39, 0.29) is 11.0 Å². The Balaban J connectivity index is 1.94. The summed E-state index contributed by atoms with van der Waals surface area (Å²) in [5, 5.41) is 0. The van der Waals surface area contributed by atoms with E-state index in [4.69, 9.17) is 16.3 Å². The van der Waals surface area contributed by atoms with E-state index >= 15 is 0 Å². The van der Waals surface area contributed by atoms with Crippen LogP contribution in [0.3, 0.4) is 0 Å². The average Bonchev–Trinajstić information content (AvgIpc) is 2.47. The highest BCUT2D eigenvalue weighted by Crippen LogP contribution is 2.14. The van der Waals surface area contributed by atoms with Gasteiger partial charge in [-0.15, -0.1) is 11.6 Å². The number of nitrogens with one attached hydrogen (secondary N) is 1. The Morgan fingerprint density at radius 1 is 1.25 bits per heavy atom. The standard InChI is InChI=1S/C14H20ClNO3S/c15-9-8-12-4-6-14(7-5-12)20(17,18)16-11-13-3-1-2-10-19-13/h4-7,13,16H,1-3,8-11H2. The highest BCUT2D eigenvalue weighted by atomic mass is 35.5. The van der Waals surface area contributed by atoms with Crippen LogP contribution in [0.5, 0.6) is 0 Å². The number of alkyl halides is 1. The third-order valence-corrected chi connectivity index (χ3v) is 5.02. The molecule has 1 heterocycles. The molecule has 1 aliphatic heterocycles. The van der Waals surface area contributed by atoms with Crippen molar-refractivity contribution < 1.29 is 13.2 Å². The topological polar surface area (TPSA) is 55.4 Å². The van der Waals surface area contributed by atoms with Gasteiger partial charge >= 0.3 is 0 Å². The van der Waals surface area contributed by atoms with Crippen molar-refractivity contribution in [2.24, 2.45) is 0 Å². The number of hydrogen-bond donors (Lipinski definition) is 1. The van der Waals surface area contributed by atoms with Crippen LogP contribution >= 0.6 is 11.6 Å². The predicted octanol–water partition coefficient (Wildman–Crippen LogP) is 2.32. The van der Waals surface area contributed by atoms with Crippen molar-refractivity contribution in [2.75, 3.05) is 19.0 Å². The number of halogens is 1. The summed E-state index contributed by atoms with van der Waals surface area (Å²) in [4.78, 5) is 0.284. The van der Waals surface area contributed by atoms with Crippen molar-refractivity contribution in [2.45, 2.75) is 36.7 Å². The highest BCUT2D eigenvalue weighted by molar-refractivity contribution is 7.89. The van der Waals surface area contributed by atoms with Gasteiger partial charge in [-0.25, -0.2) is 13.1 Å². The minimum absolute atomic E-state index is 0.00551. The lowest BCUT2D eigenvalue weighted by Crippen LogP contribution is -2.35. The molecule has 1 unspecified atom stereocenters. The number of aryl methyl sites for hydroxylation is 1. The van der Waals surface area contributed by atoms with Crippen molar-refractivity contribution in [3.8, 4) is 0 Å². The Labute approximate surface area is 125 Å². The van der Waals surface area contributed by atoms with E-state index < -0.39 is 10.0 Å². The van der Waals surface area contributed by atoms with Crippen LogP contribution in [0.1, 0.15) is 24.8 Å². The van der Waals surface area contributed by atoms with Crippen molar-refractivity contribution in [3.63, 3.8) is 0 Å². The molecule has 2 rings (SSSR count). The second-order valence-electron chi connectivity index (χ2n) is 4.92. The summed E-state index contributed by atoms with van der Waals surface area (Å²) < 4.78 is 32.4. The summed E-state index contributed by atoms with van der Waals surface area (Å²) in [5.74, 6) is 0.531. The van der Waals surface area contributed by atoms with Gasteiger partial charge in [-0.1, -0.05) is 12.1 Å². The zero-order valence-electron chi connectivity index (χ0n) is 11.3. The molecule has 1 atom stereocenters. The molecule has 20 heavy (non-hydrogen) atoms. The molecule has 0 saturated carbocycles. The zero-order chi connectivity index (χ0) is 14.4. The van der Waals surface area contributed by atoms with Crippen LogP contribution in [0.25, 0.3) is 0 Å². The molecule has 0 bridgehead atoms. The van der Waals surface area contributed by atoms with Gasteiger partial charge in [-0.2, -0.15) is 0 Å². The molecule has 0 amide bonds. The predicted molar refractivity (Wildman–Crippen MR) is 79.6 cm³/mol. The normalized spacial score (nSPS) is 19.9. The molecule has 4 nitrogen and oxygen atoms in total. The van der Waals surface area contributed by atoms with Gasteiger partial charge in [0.05, 0.1) is 11.0 Å². The van der Waals surface area contributed by atoms with Crippen molar-refractivity contribution >= 4 is 21.6 Å². The van der Waals surface area contributed by atoms with Crippen LogP contribution in [0.2, 0.25) is 0 Å². The Morgan fingerprint density at radius 3 is 2.60 bits per heavy atom. The summed E-state index contributed by atoms with van der Waals surface area (Å²) in [6.45, 7) is 1.06. The lowest BCUT2D eigenvalue weighted by molar-refractivity contribution is 0.0200. The van der Waals surface area contributed by atoms with Gasteiger partial charge in [0, 0.05) is 19.0 Å². The van der Waals surface area contributed by atoms with E-state index in [9.17, 15) is 8.42 Å². The first kappa shape index (κ1) is 15.8. The molecule has 1 saturated heterocycles. The lowest BCUT2D eigenvalue weighted by Gasteiger charge is -2.22. The Morgan fingerprint density at radius 2 is 2.00 bits per heavy atom. The fourth-order valence-corrected chi connectivity index (χ4v) is 3.48. The second kappa shape index (κ2) is 7.41. The van der Waals surface area contributed by atoms with Gasteiger partial charge in [0.25, 0.3) is 0 Å². The Hall–Kier alpha value is -0.620. The van der Waals surface area contributed by atoms with Crippen molar-refractivity contribution in [1.29, 1.82) is 0 Å². The van der Waals surface area contributed by atoms with E-state index in [1.165, 1.54) is 0 Å². The summed E-state index contributed by atoms with van der Waals surface area (Å²) in [6.07, 6.45) is 3.81. The highest BCUT2D eigenvalue weighted by Gasteiger charge is 2.19. The fraction of sp³-hybridized carbons (Fsp3) is 0.571. The molecule has 0 radical (unpaired) electrons. The lowest BCUT2D eigenvalue weighted by atomic mass is 10.1. The summed E-state index contributed by atoms with van der Waals surface area (Å²) in [5.41, 5.74) is 1.04. The molecular formula is C14H20ClNO3S. The van der Waals surface area contributed by atoms with Crippen LogP contribution in [0, 0.1) is 0 Å². The largest absolute Gasteiger partial charge is 0.377 e. The third kappa shape index (κ3) is 4.45. The first-order valence-electron chi connectivity index (χ1n) is 6.88. The first-order valence-corrected chi connectivity index (χ1v) is 8.90. The number of sulfonamides is 1. The van der Waals surface area contributed by atoms with E-state index in [1.807, 2.05) is 0 Å². The number of ether oxygens (including phenoxy) is 1. The van der Waals surface area contributed by atoms with E-state index in [0.717, 1.165) is 37.9 Å². The number of hydrogen-bond acceptors (Lipinski definition) is 3. The minimum Gasteiger partial charge on any atom is -0.377 e. The van der Waals surface area contributed by atoms with Crippen molar-refractivity contribution in [3.05, 3.63) is 29.8 Å². The fourth-order valence-electron chi connectivity index (χ4n) is 2.20. The Kier molecular flexibility index (Phi) is 5.84. The Bertz CT molecular complexity index is 510. The SMILES string of the molecule is O=S(=O)(NCC1CCCCO1)c1ccc(CCCl)cc1. The van der Waals surface area contributed by atoms with E-state index in [2.05, 4.69) is 4.72 Å². The molecule has 112 valence electrons. The van der Waals surface area contributed by atoms with Gasteiger partial charge in [0.2, 0.25) is 10.0 Å². The molecule has 1 aliphatic rings. The third-order valence-electron chi connectivity index (χ3n) is 3.39. The van der Waals surface area contributed by atoms with Gasteiger partial charge in [-0.3, -0.25) is 0 Å². The van der Waals surface area contributed by atoms with E-state index in [1.54, 1.807) is 24.3 Å². The zero-order valence-corrected chi connectivity index (χ0v) is 12.9. The van der Waals surface area contributed by atoms with Crippen LogP contribution in [0.15, 0.2) is 29.2 Å². The smallest absolute Gasteiger partial charge is 0.240 e. The molecule has 6 heteroatoms. The van der Waals surface area contributed by atoms with Gasteiger partial charge < -0.3 is 4.74 Å². The maximum absolute atomic E-state index is 12.2.